The van der Waals surface area contributed by atoms with Gasteiger partial charge < -0.3 is 14.6 Å². The number of hydrogen-bond acceptors (Lipinski definition) is 3. The Morgan fingerprint density at radius 3 is 2.60 bits per heavy atom. The predicted octanol–water partition coefficient (Wildman–Crippen LogP) is 1.50. The maximum absolute atomic E-state index is 12.7. The Bertz CT molecular complexity index is 340. The fourth-order valence-electron chi connectivity index (χ4n) is 0.972. The molecule has 1 atom stereocenters. The third-order valence-corrected chi connectivity index (χ3v) is 1.72. The monoisotopic (exact) mass is 214 g/mol. The van der Waals surface area contributed by atoms with Gasteiger partial charge in [0.15, 0.2) is 11.5 Å². The lowest BCUT2D eigenvalue weighted by atomic mass is 10.3. The number of halogens is 1. The zero-order valence-corrected chi connectivity index (χ0v) is 8.14. The molecule has 0 fully saturated rings. The van der Waals surface area contributed by atoms with Crippen LogP contribution in [0, 0.1) is 0 Å². The summed E-state index contributed by atoms with van der Waals surface area (Å²) in [5.74, 6) is -0.774. The summed E-state index contributed by atoms with van der Waals surface area (Å²) in [5, 5.41) is 8.30. The van der Waals surface area contributed by atoms with E-state index in [2.05, 4.69) is 0 Å². The van der Waals surface area contributed by atoms with Crippen LogP contribution in [0.1, 0.15) is 0 Å². The molecule has 0 bridgehead atoms. The quantitative estimate of drug-likeness (QED) is 0.806. The van der Waals surface area contributed by atoms with Crippen molar-refractivity contribution in [2.24, 2.45) is 0 Å². The van der Waals surface area contributed by atoms with E-state index in [0.717, 1.165) is 0 Å². The molecular formula is C10H11FO4. The summed E-state index contributed by atoms with van der Waals surface area (Å²) < 4.78 is 22.6. The SMILES string of the molecule is COc1ccccc1OCC(F)C(=O)O. The van der Waals surface area contributed by atoms with Crippen LogP contribution in [-0.2, 0) is 4.79 Å². The van der Waals surface area contributed by atoms with Crippen LogP contribution in [-0.4, -0.2) is 31.0 Å². The Morgan fingerprint density at radius 2 is 2.07 bits per heavy atom. The van der Waals surface area contributed by atoms with Gasteiger partial charge in [0.1, 0.15) is 6.61 Å². The lowest BCUT2D eigenvalue weighted by Crippen LogP contribution is -2.22. The van der Waals surface area contributed by atoms with Crippen LogP contribution >= 0.6 is 0 Å². The van der Waals surface area contributed by atoms with E-state index in [1.165, 1.54) is 7.11 Å². The zero-order valence-electron chi connectivity index (χ0n) is 8.14. The van der Waals surface area contributed by atoms with Crippen molar-refractivity contribution in [3.8, 4) is 11.5 Å². The first kappa shape index (κ1) is 11.3. The van der Waals surface area contributed by atoms with Crippen molar-refractivity contribution in [3.05, 3.63) is 24.3 Å². The van der Waals surface area contributed by atoms with Gasteiger partial charge in [0.25, 0.3) is 0 Å². The van der Waals surface area contributed by atoms with Crippen LogP contribution in [0.3, 0.4) is 0 Å². The Kier molecular flexibility index (Phi) is 3.91. The van der Waals surface area contributed by atoms with Crippen molar-refractivity contribution >= 4 is 5.97 Å². The van der Waals surface area contributed by atoms with Gasteiger partial charge in [0.05, 0.1) is 7.11 Å². The van der Waals surface area contributed by atoms with E-state index in [9.17, 15) is 9.18 Å². The summed E-state index contributed by atoms with van der Waals surface area (Å²) in [4.78, 5) is 10.2. The highest BCUT2D eigenvalue weighted by Gasteiger charge is 2.17. The van der Waals surface area contributed by atoms with E-state index >= 15 is 0 Å². The number of carboxylic acids is 1. The zero-order chi connectivity index (χ0) is 11.3. The van der Waals surface area contributed by atoms with Crippen LogP contribution in [0.5, 0.6) is 11.5 Å². The number of ether oxygens (including phenoxy) is 2. The molecule has 15 heavy (non-hydrogen) atoms. The minimum atomic E-state index is -2.03. The van der Waals surface area contributed by atoms with Crippen molar-refractivity contribution in [1.29, 1.82) is 0 Å². The number of rotatable bonds is 5. The molecule has 0 radical (unpaired) electrons. The highest BCUT2D eigenvalue weighted by molar-refractivity contribution is 5.72. The second kappa shape index (κ2) is 5.19. The number of carbonyl (C=O) groups is 1. The number of para-hydroxylation sites is 2. The van der Waals surface area contributed by atoms with Gasteiger partial charge in [0.2, 0.25) is 6.17 Å². The minimum absolute atomic E-state index is 0.323. The number of aliphatic carboxylic acids is 1. The molecule has 5 heteroatoms. The smallest absolute Gasteiger partial charge is 0.341 e. The molecule has 0 amide bonds. The van der Waals surface area contributed by atoms with Gasteiger partial charge in [-0.25, -0.2) is 9.18 Å². The number of methoxy groups -OCH3 is 1. The first-order chi connectivity index (χ1) is 7.15. The molecule has 0 heterocycles. The lowest BCUT2D eigenvalue weighted by molar-refractivity contribution is -0.143. The maximum atomic E-state index is 12.7. The third-order valence-electron chi connectivity index (χ3n) is 1.72. The molecule has 0 aromatic heterocycles. The van der Waals surface area contributed by atoms with E-state index in [4.69, 9.17) is 14.6 Å². The number of carboxylic acid groups (broad SMARTS) is 1. The molecule has 82 valence electrons. The molecular weight excluding hydrogens is 203 g/mol. The van der Waals surface area contributed by atoms with Gasteiger partial charge in [-0.1, -0.05) is 12.1 Å². The van der Waals surface area contributed by atoms with E-state index in [-0.39, 0.29) is 0 Å². The van der Waals surface area contributed by atoms with Gasteiger partial charge in [-0.05, 0) is 12.1 Å². The van der Waals surface area contributed by atoms with Crippen LogP contribution in [0.15, 0.2) is 24.3 Å². The van der Waals surface area contributed by atoms with E-state index in [0.29, 0.717) is 11.5 Å². The molecule has 1 aromatic rings. The highest BCUT2D eigenvalue weighted by atomic mass is 19.1. The first-order valence-corrected chi connectivity index (χ1v) is 4.28. The topological polar surface area (TPSA) is 55.8 Å². The number of benzene rings is 1. The van der Waals surface area contributed by atoms with Crippen molar-refractivity contribution in [3.63, 3.8) is 0 Å². The Balaban J connectivity index is 2.60. The molecule has 0 aliphatic rings. The summed E-state index contributed by atoms with van der Waals surface area (Å²) in [6.07, 6.45) is -2.03. The van der Waals surface area contributed by atoms with Crippen molar-refractivity contribution in [1.82, 2.24) is 0 Å². The molecule has 0 saturated heterocycles. The summed E-state index contributed by atoms with van der Waals surface area (Å²) in [7, 11) is 1.45. The normalized spacial score (nSPS) is 11.9. The summed E-state index contributed by atoms with van der Waals surface area (Å²) in [5.41, 5.74) is 0. The van der Waals surface area contributed by atoms with E-state index in [1.54, 1.807) is 24.3 Å². The fourth-order valence-corrected chi connectivity index (χ4v) is 0.972. The maximum Gasteiger partial charge on any atom is 0.341 e. The van der Waals surface area contributed by atoms with Crippen molar-refractivity contribution in [2.75, 3.05) is 13.7 Å². The highest BCUT2D eigenvalue weighted by Crippen LogP contribution is 2.25. The summed E-state index contributed by atoms with van der Waals surface area (Å²) in [6, 6.07) is 6.64. The molecule has 0 spiro atoms. The van der Waals surface area contributed by atoms with Gasteiger partial charge >= 0.3 is 5.97 Å². The summed E-state index contributed by atoms with van der Waals surface area (Å²) in [6.45, 7) is -0.532. The Labute approximate surface area is 86.2 Å². The molecule has 4 nitrogen and oxygen atoms in total. The van der Waals surface area contributed by atoms with Gasteiger partial charge in [-0.2, -0.15) is 0 Å². The molecule has 0 saturated carbocycles. The van der Waals surface area contributed by atoms with Crippen LogP contribution in [0.25, 0.3) is 0 Å². The number of alkyl halides is 1. The summed E-state index contributed by atoms with van der Waals surface area (Å²) >= 11 is 0. The fraction of sp³-hybridized carbons (Fsp3) is 0.300. The molecule has 1 rings (SSSR count). The third kappa shape index (κ3) is 3.12. The van der Waals surface area contributed by atoms with E-state index in [1.807, 2.05) is 0 Å². The molecule has 0 aliphatic carbocycles. The molecule has 0 aliphatic heterocycles. The molecule has 1 aromatic carbocycles. The second-order valence-electron chi connectivity index (χ2n) is 2.77. The lowest BCUT2D eigenvalue weighted by Gasteiger charge is -2.10. The molecule has 1 N–H and O–H groups in total. The van der Waals surface area contributed by atoms with E-state index < -0.39 is 18.7 Å². The minimum Gasteiger partial charge on any atom is -0.493 e. The van der Waals surface area contributed by atoms with Gasteiger partial charge in [-0.3, -0.25) is 0 Å². The molecule has 1 unspecified atom stereocenters. The van der Waals surface area contributed by atoms with Gasteiger partial charge in [0, 0.05) is 0 Å². The second-order valence-corrected chi connectivity index (χ2v) is 2.77. The van der Waals surface area contributed by atoms with Crippen LogP contribution in [0.2, 0.25) is 0 Å². The van der Waals surface area contributed by atoms with Gasteiger partial charge in [-0.15, -0.1) is 0 Å². The predicted molar refractivity (Wildman–Crippen MR) is 51.0 cm³/mol. The average molecular weight is 214 g/mol. The van der Waals surface area contributed by atoms with Crippen molar-refractivity contribution in [2.45, 2.75) is 6.17 Å². The standard InChI is InChI=1S/C10H11FO4/c1-14-8-4-2-3-5-9(8)15-6-7(11)10(12)13/h2-5,7H,6H2,1H3,(H,12,13). The van der Waals surface area contributed by atoms with Crippen LogP contribution < -0.4 is 9.47 Å². The number of hydrogen-bond donors (Lipinski definition) is 1. The first-order valence-electron chi connectivity index (χ1n) is 4.28. The van der Waals surface area contributed by atoms with Crippen LogP contribution in [0.4, 0.5) is 4.39 Å². The largest absolute Gasteiger partial charge is 0.493 e. The Morgan fingerprint density at radius 1 is 1.47 bits per heavy atom. The van der Waals surface area contributed by atoms with Crippen molar-refractivity contribution < 1.29 is 23.8 Å². The Hall–Kier alpha value is -1.78. The average Bonchev–Trinajstić information content (AvgIpc) is 2.26.